The minimum absolute atomic E-state index is 0.249. The molecule has 142 valence electrons. The molecule has 3 N–H and O–H groups in total. The van der Waals surface area contributed by atoms with Gasteiger partial charge in [0.25, 0.3) is 5.91 Å². The minimum atomic E-state index is -0.838. The van der Waals surface area contributed by atoms with Crippen molar-refractivity contribution in [3.05, 3.63) is 76.4 Å². The van der Waals surface area contributed by atoms with Gasteiger partial charge in [-0.2, -0.15) is 0 Å². The zero-order chi connectivity index (χ0) is 20.1. The highest BCUT2D eigenvalue weighted by atomic mass is 19.1. The van der Waals surface area contributed by atoms with E-state index < -0.39 is 34.0 Å². The fourth-order valence-corrected chi connectivity index (χ4v) is 2.15. The average molecular weight is 387 g/mol. The summed E-state index contributed by atoms with van der Waals surface area (Å²) in [6, 6.07) is 5.45. The maximum absolute atomic E-state index is 13.8. The molecule has 3 rings (SSSR count). The topological polar surface area (TPSA) is 135 Å². The first-order valence-corrected chi connectivity index (χ1v) is 7.63. The maximum atomic E-state index is 13.8. The highest BCUT2D eigenvalue weighted by molar-refractivity contribution is 5.94. The number of hydrogen-bond acceptors (Lipinski definition) is 8. The van der Waals surface area contributed by atoms with Gasteiger partial charge in [-0.25, -0.2) is 18.7 Å². The van der Waals surface area contributed by atoms with Crippen molar-refractivity contribution in [1.82, 2.24) is 20.4 Å². The van der Waals surface area contributed by atoms with Crippen LogP contribution in [-0.4, -0.2) is 25.8 Å². The molecule has 0 aliphatic heterocycles. The van der Waals surface area contributed by atoms with Gasteiger partial charge in [-0.1, -0.05) is 0 Å². The molecule has 0 spiro atoms. The van der Waals surface area contributed by atoms with Crippen LogP contribution in [0.25, 0.3) is 0 Å². The Morgan fingerprint density at radius 2 is 1.79 bits per heavy atom. The highest BCUT2D eigenvalue weighted by Gasteiger charge is 2.24. The summed E-state index contributed by atoms with van der Waals surface area (Å²) in [5.41, 5.74) is 3.79. The number of rotatable bonds is 6. The fourth-order valence-electron chi connectivity index (χ4n) is 2.15. The number of nitrogens with one attached hydrogen (secondary N) is 3. The number of hydrazine groups is 1. The molecule has 1 aromatic carbocycles. The number of aromatic nitrogens is 3. The van der Waals surface area contributed by atoms with Crippen LogP contribution < -0.4 is 16.2 Å². The molecule has 2 aromatic heterocycles. The summed E-state index contributed by atoms with van der Waals surface area (Å²) in [6.45, 7) is 0. The van der Waals surface area contributed by atoms with Gasteiger partial charge in [-0.05, 0) is 24.3 Å². The molecule has 0 unspecified atom stereocenters. The van der Waals surface area contributed by atoms with Crippen molar-refractivity contribution in [3.63, 3.8) is 0 Å². The summed E-state index contributed by atoms with van der Waals surface area (Å²) in [4.78, 5) is 33.8. The van der Waals surface area contributed by atoms with Crippen molar-refractivity contribution >= 4 is 28.9 Å². The summed E-state index contributed by atoms with van der Waals surface area (Å²) in [7, 11) is 0. The van der Waals surface area contributed by atoms with E-state index in [0.29, 0.717) is 0 Å². The third-order valence-electron chi connectivity index (χ3n) is 3.42. The van der Waals surface area contributed by atoms with Gasteiger partial charge in [-0.15, -0.1) is 0 Å². The van der Waals surface area contributed by atoms with Gasteiger partial charge in [-0.3, -0.25) is 30.7 Å². The van der Waals surface area contributed by atoms with Gasteiger partial charge in [0.05, 0.1) is 10.6 Å². The Bertz CT molecular complexity index is 1030. The molecule has 2 heterocycles. The Labute approximate surface area is 155 Å². The van der Waals surface area contributed by atoms with Crippen LogP contribution in [0.15, 0.2) is 49.1 Å². The van der Waals surface area contributed by atoms with Crippen LogP contribution in [0.4, 0.5) is 31.8 Å². The number of anilines is 3. The number of nitrogens with zero attached hydrogens (tertiary/aromatic N) is 4. The molecular formula is C16H11F2N7O3. The van der Waals surface area contributed by atoms with Gasteiger partial charge in [0.15, 0.2) is 0 Å². The number of pyridine rings is 1. The van der Waals surface area contributed by atoms with Crippen LogP contribution >= 0.6 is 0 Å². The van der Waals surface area contributed by atoms with Crippen LogP contribution in [-0.2, 0) is 0 Å². The average Bonchev–Trinajstić information content (AvgIpc) is 2.69. The summed E-state index contributed by atoms with van der Waals surface area (Å²) in [5.74, 6) is -2.94. The first kappa shape index (κ1) is 18.6. The van der Waals surface area contributed by atoms with E-state index >= 15 is 0 Å². The van der Waals surface area contributed by atoms with E-state index in [0.717, 1.165) is 24.5 Å². The minimum Gasteiger partial charge on any atom is -0.332 e. The largest absolute Gasteiger partial charge is 0.355 e. The molecule has 1 amide bonds. The zero-order valence-electron chi connectivity index (χ0n) is 13.9. The molecule has 0 saturated carbocycles. The molecule has 0 aliphatic rings. The van der Waals surface area contributed by atoms with Gasteiger partial charge < -0.3 is 5.32 Å². The van der Waals surface area contributed by atoms with Gasteiger partial charge in [0, 0.05) is 24.0 Å². The lowest BCUT2D eigenvalue weighted by Gasteiger charge is -2.11. The summed E-state index contributed by atoms with van der Waals surface area (Å²) >= 11 is 0. The number of nitro groups is 1. The standard InChI is InChI=1S/C16H11F2N7O3/c17-10-1-2-11(18)12(7-10)22-14-13(25(27)28)15(21-8-20-14)23-24-16(26)9-3-5-19-6-4-9/h1-8H,(H,24,26)(H2,20,21,22,23). The van der Waals surface area contributed by atoms with E-state index in [-0.39, 0.29) is 17.1 Å². The van der Waals surface area contributed by atoms with Crippen molar-refractivity contribution in [2.45, 2.75) is 0 Å². The molecule has 0 aliphatic carbocycles. The zero-order valence-corrected chi connectivity index (χ0v) is 13.9. The molecule has 28 heavy (non-hydrogen) atoms. The highest BCUT2D eigenvalue weighted by Crippen LogP contribution is 2.31. The second-order valence-electron chi connectivity index (χ2n) is 5.24. The normalized spacial score (nSPS) is 10.2. The first-order valence-electron chi connectivity index (χ1n) is 7.63. The number of amides is 1. The van der Waals surface area contributed by atoms with E-state index in [1.807, 2.05) is 0 Å². The third kappa shape index (κ3) is 4.12. The Balaban J connectivity index is 1.86. The molecule has 3 aromatic rings. The summed E-state index contributed by atoms with van der Waals surface area (Å²) < 4.78 is 27.1. The number of carbonyl (C=O) groups is 1. The monoisotopic (exact) mass is 387 g/mol. The van der Waals surface area contributed by atoms with E-state index in [2.05, 4.69) is 31.1 Å². The predicted octanol–water partition coefficient (Wildman–Crippen LogP) is 2.56. The Morgan fingerprint density at radius 3 is 2.50 bits per heavy atom. The predicted molar refractivity (Wildman–Crippen MR) is 93.7 cm³/mol. The summed E-state index contributed by atoms with van der Waals surface area (Å²) in [5, 5.41) is 13.8. The molecule has 10 nitrogen and oxygen atoms in total. The van der Waals surface area contributed by atoms with E-state index in [1.54, 1.807) is 0 Å². The van der Waals surface area contributed by atoms with E-state index in [9.17, 15) is 23.7 Å². The third-order valence-corrected chi connectivity index (χ3v) is 3.42. The Morgan fingerprint density at radius 1 is 1.07 bits per heavy atom. The lowest BCUT2D eigenvalue weighted by atomic mass is 10.2. The number of halogens is 2. The van der Waals surface area contributed by atoms with Crippen LogP contribution in [0.3, 0.4) is 0 Å². The summed E-state index contributed by atoms with van der Waals surface area (Å²) in [6.07, 6.45) is 3.75. The molecule has 0 saturated heterocycles. The van der Waals surface area contributed by atoms with Crippen LogP contribution in [0, 0.1) is 21.7 Å². The smallest absolute Gasteiger partial charge is 0.332 e. The van der Waals surface area contributed by atoms with Gasteiger partial charge >= 0.3 is 5.69 Å². The Hall–Kier alpha value is -4.22. The second-order valence-corrected chi connectivity index (χ2v) is 5.24. The second kappa shape index (κ2) is 7.99. The Kier molecular flexibility index (Phi) is 5.30. The number of hydrogen-bond donors (Lipinski definition) is 3. The fraction of sp³-hybridized carbons (Fsp3) is 0. The van der Waals surface area contributed by atoms with E-state index in [1.165, 1.54) is 24.5 Å². The van der Waals surface area contributed by atoms with Crippen LogP contribution in [0.5, 0.6) is 0 Å². The van der Waals surface area contributed by atoms with Crippen LogP contribution in [0.1, 0.15) is 10.4 Å². The van der Waals surface area contributed by atoms with Crippen molar-refractivity contribution in [2.24, 2.45) is 0 Å². The molecular weight excluding hydrogens is 376 g/mol. The SMILES string of the molecule is O=C(NNc1ncnc(Nc2cc(F)ccc2F)c1[N+](=O)[O-])c1ccncc1. The van der Waals surface area contributed by atoms with Crippen molar-refractivity contribution < 1.29 is 18.5 Å². The maximum Gasteiger partial charge on any atom is 0.355 e. The van der Waals surface area contributed by atoms with E-state index in [4.69, 9.17) is 0 Å². The van der Waals surface area contributed by atoms with Crippen molar-refractivity contribution in [3.8, 4) is 0 Å². The van der Waals surface area contributed by atoms with Gasteiger partial charge in [0.1, 0.15) is 18.0 Å². The van der Waals surface area contributed by atoms with Crippen LogP contribution in [0.2, 0.25) is 0 Å². The first-order chi connectivity index (χ1) is 13.5. The number of carbonyl (C=O) groups excluding carboxylic acids is 1. The lowest BCUT2D eigenvalue weighted by Crippen LogP contribution is -2.30. The lowest BCUT2D eigenvalue weighted by molar-refractivity contribution is -0.383. The molecule has 0 bridgehead atoms. The molecule has 0 atom stereocenters. The quantitative estimate of drug-likeness (QED) is 0.434. The van der Waals surface area contributed by atoms with Gasteiger partial charge in [0.2, 0.25) is 11.6 Å². The van der Waals surface area contributed by atoms with Crippen molar-refractivity contribution in [1.29, 1.82) is 0 Å². The number of benzene rings is 1. The van der Waals surface area contributed by atoms with Crippen molar-refractivity contribution in [2.75, 3.05) is 10.7 Å². The molecule has 12 heteroatoms. The molecule has 0 radical (unpaired) electrons. The molecule has 0 fully saturated rings.